The summed E-state index contributed by atoms with van der Waals surface area (Å²) >= 11 is 6.02. The van der Waals surface area contributed by atoms with Crippen molar-refractivity contribution in [3.8, 4) is 0 Å². The van der Waals surface area contributed by atoms with Crippen molar-refractivity contribution in [2.75, 3.05) is 32.5 Å². The Bertz CT molecular complexity index is 880. The van der Waals surface area contributed by atoms with E-state index in [-0.39, 0.29) is 24.6 Å². The van der Waals surface area contributed by atoms with E-state index in [1.165, 1.54) is 19.1 Å². The van der Waals surface area contributed by atoms with Crippen LogP contribution in [0.2, 0.25) is 5.15 Å². The molecule has 2 aromatic rings. The first-order valence-electron chi connectivity index (χ1n) is 7.37. The lowest BCUT2D eigenvalue weighted by Gasteiger charge is -2.31. The molecule has 1 aromatic carbocycles. The Hall–Kier alpha value is -2.64. The number of hydrogen-bond acceptors (Lipinski definition) is 7. The third kappa shape index (κ3) is 3.16. The molecule has 0 N–H and O–H groups in total. The second-order valence-electron chi connectivity index (χ2n) is 5.20. The van der Waals surface area contributed by atoms with Crippen molar-refractivity contribution in [1.29, 1.82) is 0 Å². The van der Waals surface area contributed by atoms with Crippen molar-refractivity contribution < 1.29 is 23.8 Å². The summed E-state index contributed by atoms with van der Waals surface area (Å²) < 4.78 is 15.1. The molecule has 7 nitrogen and oxygen atoms in total. The molecule has 0 atom stereocenters. The van der Waals surface area contributed by atoms with Gasteiger partial charge < -0.3 is 19.1 Å². The molecule has 1 aromatic heterocycles. The Kier molecular flexibility index (Phi) is 4.87. The van der Waals surface area contributed by atoms with Gasteiger partial charge in [0.1, 0.15) is 17.6 Å². The van der Waals surface area contributed by atoms with Crippen LogP contribution in [-0.4, -0.2) is 44.5 Å². The highest BCUT2D eigenvalue weighted by Gasteiger charge is 2.33. The Balaban J connectivity index is 2.23. The maximum Gasteiger partial charge on any atom is 0.355 e. The highest BCUT2D eigenvalue weighted by molar-refractivity contribution is 6.29. The summed E-state index contributed by atoms with van der Waals surface area (Å²) in [6.07, 6.45) is 0. The number of anilines is 1. The average molecular weight is 363 g/mol. The molecule has 1 aliphatic heterocycles. The Morgan fingerprint density at radius 1 is 1.16 bits per heavy atom. The van der Waals surface area contributed by atoms with E-state index in [0.717, 1.165) is 5.39 Å². The predicted octanol–water partition coefficient (Wildman–Crippen LogP) is 2.28. The molecule has 0 saturated heterocycles. The highest BCUT2D eigenvalue weighted by atomic mass is 35.5. The van der Waals surface area contributed by atoms with Gasteiger partial charge in [-0.2, -0.15) is 0 Å². The first kappa shape index (κ1) is 17.2. The Morgan fingerprint density at radius 2 is 1.92 bits per heavy atom. The van der Waals surface area contributed by atoms with Crippen molar-refractivity contribution in [3.63, 3.8) is 0 Å². The van der Waals surface area contributed by atoms with E-state index in [9.17, 15) is 9.59 Å². The number of rotatable bonds is 3. The number of aromatic nitrogens is 1. The number of methoxy groups -OCH3 is 2. The van der Waals surface area contributed by atoms with Crippen LogP contribution >= 0.6 is 11.6 Å². The molecule has 1 aliphatic rings. The number of carbonyl (C=O) groups excluding carboxylic acids is 2. The number of benzene rings is 1. The number of para-hydroxylation sites is 1. The minimum Gasteiger partial charge on any atom is -0.466 e. The molecular weight excluding hydrogens is 348 g/mol. The summed E-state index contributed by atoms with van der Waals surface area (Å²) in [4.78, 5) is 30.3. The van der Waals surface area contributed by atoms with Crippen molar-refractivity contribution in [2.45, 2.75) is 0 Å². The number of hydrogen-bond donors (Lipinski definition) is 0. The zero-order valence-corrected chi connectivity index (χ0v) is 14.4. The first-order chi connectivity index (χ1) is 12.1. The van der Waals surface area contributed by atoms with E-state index < -0.39 is 11.9 Å². The van der Waals surface area contributed by atoms with E-state index in [2.05, 4.69) is 4.98 Å². The molecule has 2 heterocycles. The van der Waals surface area contributed by atoms with Crippen LogP contribution in [0, 0.1) is 0 Å². The van der Waals surface area contributed by atoms with E-state index >= 15 is 0 Å². The van der Waals surface area contributed by atoms with Crippen LogP contribution < -0.4 is 4.90 Å². The number of esters is 2. The molecule has 25 heavy (non-hydrogen) atoms. The molecule has 3 rings (SSSR count). The molecule has 0 spiro atoms. The molecule has 0 fully saturated rings. The third-order valence-electron chi connectivity index (χ3n) is 3.79. The highest BCUT2D eigenvalue weighted by Crippen LogP contribution is 2.32. The minimum atomic E-state index is -0.664. The molecule has 0 bridgehead atoms. The monoisotopic (exact) mass is 362 g/mol. The zero-order valence-electron chi connectivity index (χ0n) is 13.6. The number of ether oxygens (including phenoxy) is 3. The normalized spacial score (nSPS) is 14.6. The Labute approximate surface area is 148 Å². The lowest BCUT2D eigenvalue weighted by atomic mass is 10.1. The van der Waals surface area contributed by atoms with Gasteiger partial charge in [0.2, 0.25) is 0 Å². The van der Waals surface area contributed by atoms with Gasteiger partial charge in [0.15, 0.2) is 0 Å². The fourth-order valence-corrected chi connectivity index (χ4v) is 2.81. The Morgan fingerprint density at radius 3 is 2.64 bits per heavy atom. The standard InChI is InChI=1S/C17H15ClN2O5/c1-23-16(21)11-8-25-9-20(15(11)17(22)24-2)12-5-3-4-10-6-7-13(18)19-14(10)12/h3-7H,8-9H2,1-2H3. The maximum absolute atomic E-state index is 12.4. The van der Waals surface area contributed by atoms with Crippen LogP contribution in [0.5, 0.6) is 0 Å². The lowest BCUT2D eigenvalue weighted by Crippen LogP contribution is -2.39. The molecular formula is C17H15ClN2O5. The first-order valence-corrected chi connectivity index (χ1v) is 7.75. The second-order valence-corrected chi connectivity index (χ2v) is 5.59. The fraction of sp³-hybridized carbons (Fsp3) is 0.235. The van der Waals surface area contributed by atoms with Gasteiger partial charge in [-0.15, -0.1) is 0 Å². The maximum atomic E-state index is 12.4. The molecule has 0 aliphatic carbocycles. The summed E-state index contributed by atoms with van der Waals surface area (Å²) in [5.41, 5.74) is 1.29. The van der Waals surface area contributed by atoms with E-state index in [4.69, 9.17) is 25.8 Å². The molecule has 8 heteroatoms. The SMILES string of the molecule is COC(=O)C1=C(C(=O)OC)N(c2cccc3ccc(Cl)nc23)COC1. The van der Waals surface area contributed by atoms with Gasteiger partial charge >= 0.3 is 11.9 Å². The van der Waals surface area contributed by atoms with Gasteiger partial charge in [-0.25, -0.2) is 14.6 Å². The number of halogens is 1. The number of nitrogens with zero attached hydrogens (tertiary/aromatic N) is 2. The average Bonchev–Trinajstić information content (AvgIpc) is 2.65. The topological polar surface area (TPSA) is 78.0 Å². The molecule has 0 unspecified atom stereocenters. The summed E-state index contributed by atoms with van der Waals surface area (Å²) in [7, 11) is 2.48. The van der Waals surface area contributed by atoms with Crippen LogP contribution in [-0.2, 0) is 23.8 Å². The molecule has 0 radical (unpaired) electrons. The van der Waals surface area contributed by atoms with Crippen LogP contribution in [0.4, 0.5) is 5.69 Å². The van der Waals surface area contributed by atoms with Crippen LogP contribution in [0.15, 0.2) is 41.6 Å². The van der Waals surface area contributed by atoms with Crippen molar-refractivity contribution in [2.24, 2.45) is 0 Å². The summed E-state index contributed by atoms with van der Waals surface area (Å²) in [5.74, 6) is -1.32. The number of fused-ring (bicyclic) bond motifs is 1. The van der Waals surface area contributed by atoms with Crippen LogP contribution in [0.1, 0.15) is 0 Å². The molecule has 130 valence electrons. The van der Waals surface area contributed by atoms with Crippen LogP contribution in [0.3, 0.4) is 0 Å². The van der Waals surface area contributed by atoms with Gasteiger partial charge in [0.05, 0.1) is 37.6 Å². The summed E-state index contributed by atoms with van der Waals surface area (Å²) in [5, 5.41) is 1.14. The van der Waals surface area contributed by atoms with E-state index in [1.807, 2.05) is 18.2 Å². The van der Waals surface area contributed by atoms with E-state index in [0.29, 0.717) is 16.4 Å². The van der Waals surface area contributed by atoms with Gasteiger partial charge in [-0.1, -0.05) is 23.7 Å². The second kappa shape index (κ2) is 7.08. The zero-order chi connectivity index (χ0) is 18.0. The van der Waals surface area contributed by atoms with Gasteiger partial charge in [-0.3, -0.25) is 0 Å². The number of carbonyl (C=O) groups is 2. The van der Waals surface area contributed by atoms with Crippen molar-refractivity contribution in [1.82, 2.24) is 4.98 Å². The fourth-order valence-electron chi connectivity index (χ4n) is 2.66. The number of pyridine rings is 1. The quantitative estimate of drug-likeness (QED) is 0.612. The largest absolute Gasteiger partial charge is 0.466 e. The third-order valence-corrected chi connectivity index (χ3v) is 4.00. The minimum absolute atomic E-state index is 0.0491. The predicted molar refractivity (Wildman–Crippen MR) is 91.1 cm³/mol. The van der Waals surface area contributed by atoms with Crippen molar-refractivity contribution in [3.05, 3.63) is 46.8 Å². The van der Waals surface area contributed by atoms with Gasteiger partial charge in [-0.05, 0) is 18.2 Å². The smallest absolute Gasteiger partial charge is 0.355 e. The molecule has 0 amide bonds. The van der Waals surface area contributed by atoms with Gasteiger partial charge in [0, 0.05) is 5.39 Å². The lowest BCUT2D eigenvalue weighted by molar-refractivity contribution is -0.140. The van der Waals surface area contributed by atoms with Crippen LogP contribution in [0.25, 0.3) is 10.9 Å². The summed E-state index contributed by atoms with van der Waals surface area (Å²) in [6.45, 7) is 0.00475. The molecule has 0 saturated carbocycles. The summed E-state index contributed by atoms with van der Waals surface area (Å²) in [6, 6.07) is 8.95. The van der Waals surface area contributed by atoms with Gasteiger partial charge in [0.25, 0.3) is 0 Å². The van der Waals surface area contributed by atoms with E-state index in [1.54, 1.807) is 12.1 Å². The van der Waals surface area contributed by atoms with Crippen molar-refractivity contribution >= 4 is 40.1 Å².